The minimum Gasteiger partial charge on any atom is -0.494 e. The van der Waals surface area contributed by atoms with Gasteiger partial charge < -0.3 is 4.74 Å². The van der Waals surface area contributed by atoms with Gasteiger partial charge in [-0.1, -0.05) is 48.8 Å². The number of rotatable bonds is 5. The molecule has 16 heavy (non-hydrogen) atoms. The first-order chi connectivity index (χ1) is 7.54. The van der Waals surface area contributed by atoms with Gasteiger partial charge in [-0.3, -0.25) is 0 Å². The van der Waals surface area contributed by atoms with Crippen molar-refractivity contribution in [3.05, 3.63) is 29.8 Å². The number of alkyl halides is 1. The van der Waals surface area contributed by atoms with Crippen molar-refractivity contribution in [3.63, 3.8) is 0 Å². The van der Waals surface area contributed by atoms with Gasteiger partial charge in [-0.2, -0.15) is 0 Å². The molecular weight excluding hydrogens is 264 g/mol. The summed E-state index contributed by atoms with van der Waals surface area (Å²) in [6.07, 6.45) is 2.27. The Morgan fingerprint density at radius 2 is 1.69 bits per heavy atom. The van der Waals surface area contributed by atoms with Crippen molar-refractivity contribution in [1.82, 2.24) is 0 Å². The van der Waals surface area contributed by atoms with Crippen LogP contribution >= 0.6 is 15.9 Å². The van der Waals surface area contributed by atoms with Crippen molar-refractivity contribution in [2.75, 3.05) is 11.9 Å². The van der Waals surface area contributed by atoms with Crippen LogP contribution in [0, 0.1) is 0 Å². The summed E-state index contributed by atoms with van der Waals surface area (Å²) in [5, 5.41) is 1.05. The fourth-order valence-electron chi connectivity index (χ4n) is 1.44. The van der Waals surface area contributed by atoms with E-state index in [2.05, 4.69) is 61.0 Å². The van der Waals surface area contributed by atoms with Gasteiger partial charge in [0.15, 0.2) is 0 Å². The predicted octanol–water partition coefficient (Wildman–Crippen LogP) is 4.54. The second kappa shape index (κ2) is 6.29. The first-order valence-electron chi connectivity index (χ1n) is 5.83. The van der Waals surface area contributed by atoms with Crippen LogP contribution in [-0.4, -0.2) is 11.9 Å². The minimum atomic E-state index is 0.217. The molecule has 0 heterocycles. The van der Waals surface area contributed by atoms with E-state index in [-0.39, 0.29) is 5.41 Å². The van der Waals surface area contributed by atoms with E-state index in [1.165, 1.54) is 12.0 Å². The minimum absolute atomic E-state index is 0.217. The van der Waals surface area contributed by atoms with Crippen LogP contribution in [0.25, 0.3) is 0 Å². The molecule has 0 saturated heterocycles. The van der Waals surface area contributed by atoms with Gasteiger partial charge in [-0.05, 0) is 36.0 Å². The monoisotopic (exact) mass is 284 g/mol. The highest BCUT2D eigenvalue weighted by Crippen LogP contribution is 2.24. The molecule has 0 aliphatic rings. The molecule has 1 nitrogen and oxygen atoms in total. The van der Waals surface area contributed by atoms with Crippen LogP contribution in [0.3, 0.4) is 0 Å². The average Bonchev–Trinajstić information content (AvgIpc) is 2.24. The fourth-order valence-corrected chi connectivity index (χ4v) is 1.83. The van der Waals surface area contributed by atoms with Gasteiger partial charge in [-0.15, -0.1) is 0 Å². The lowest BCUT2D eigenvalue weighted by atomic mass is 9.87. The number of unbranched alkanes of at least 4 members (excludes halogenated alkanes) is 1. The van der Waals surface area contributed by atoms with Crippen molar-refractivity contribution in [1.29, 1.82) is 0 Å². The molecule has 1 rings (SSSR count). The molecule has 1 aromatic carbocycles. The number of benzene rings is 1. The van der Waals surface area contributed by atoms with E-state index < -0.39 is 0 Å². The lowest BCUT2D eigenvalue weighted by Crippen LogP contribution is -2.10. The van der Waals surface area contributed by atoms with Crippen molar-refractivity contribution in [2.24, 2.45) is 0 Å². The number of ether oxygens (including phenoxy) is 1. The summed E-state index contributed by atoms with van der Waals surface area (Å²) < 4.78 is 5.65. The zero-order valence-corrected chi connectivity index (χ0v) is 12.0. The fraction of sp³-hybridized carbons (Fsp3) is 0.571. The molecule has 0 atom stereocenters. The lowest BCUT2D eigenvalue weighted by molar-refractivity contribution is 0.310. The van der Waals surface area contributed by atoms with Crippen LogP contribution in [0.15, 0.2) is 24.3 Å². The summed E-state index contributed by atoms with van der Waals surface area (Å²) in [7, 11) is 0. The molecule has 0 aliphatic carbocycles. The van der Waals surface area contributed by atoms with Crippen LogP contribution in [0.1, 0.15) is 39.2 Å². The molecule has 0 aromatic heterocycles. The van der Waals surface area contributed by atoms with Gasteiger partial charge in [0, 0.05) is 5.33 Å². The third-order valence-corrected chi connectivity index (χ3v) is 3.08. The molecule has 2 heteroatoms. The first kappa shape index (κ1) is 13.6. The van der Waals surface area contributed by atoms with E-state index >= 15 is 0 Å². The number of hydrogen-bond acceptors (Lipinski definition) is 1. The average molecular weight is 285 g/mol. The summed E-state index contributed by atoms with van der Waals surface area (Å²) in [6.45, 7) is 7.47. The highest BCUT2D eigenvalue weighted by molar-refractivity contribution is 9.09. The SMILES string of the molecule is CC(C)(C)c1ccc(OCCCCBr)cc1. The summed E-state index contributed by atoms with van der Waals surface area (Å²) >= 11 is 3.41. The molecule has 0 aliphatic heterocycles. The molecule has 0 saturated carbocycles. The largest absolute Gasteiger partial charge is 0.494 e. The molecule has 0 bridgehead atoms. The quantitative estimate of drug-likeness (QED) is 0.570. The topological polar surface area (TPSA) is 9.23 Å². The lowest BCUT2D eigenvalue weighted by Gasteiger charge is -2.19. The second-order valence-electron chi connectivity index (χ2n) is 5.02. The molecule has 0 N–H and O–H groups in total. The van der Waals surface area contributed by atoms with Crippen LogP contribution in [0.5, 0.6) is 5.75 Å². The van der Waals surface area contributed by atoms with E-state index in [1.807, 2.05) is 0 Å². The van der Waals surface area contributed by atoms with Crippen molar-refractivity contribution in [2.45, 2.75) is 39.0 Å². The maximum atomic E-state index is 5.65. The Morgan fingerprint density at radius 3 is 2.19 bits per heavy atom. The second-order valence-corrected chi connectivity index (χ2v) is 5.81. The van der Waals surface area contributed by atoms with Crippen molar-refractivity contribution >= 4 is 15.9 Å². The van der Waals surface area contributed by atoms with Gasteiger partial charge >= 0.3 is 0 Å². The van der Waals surface area contributed by atoms with Crippen molar-refractivity contribution < 1.29 is 4.74 Å². The van der Waals surface area contributed by atoms with E-state index in [1.54, 1.807) is 0 Å². The summed E-state index contributed by atoms with van der Waals surface area (Å²) in [5.74, 6) is 0.975. The predicted molar refractivity (Wildman–Crippen MR) is 73.7 cm³/mol. The first-order valence-corrected chi connectivity index (χ1v) is 6.95. The molecule has 0 unspecified atom stereocenters. The number of hydrogen-bond donors (Lipinski definition) is 0. The molecule has 1 aromatic rings. The standard InChI is InChI=1S/C14H21BrO/c1-14(2,3)12-6-8-13(9-7-12)16-11-5-4-10-15/h6-9H,4-5,10-11H2,1-3H3. The van der Waals surface area contributed by atoms with Gasteiger partial charge in [0.1, 0.15) is 5.75 Å². The third-order valence-electron chi connectivity index (χ3n) is 2.52. The zero-order valence-electron chi connectivity index (χ0n) is 10.4. The van der Waals surface area contributed by atoms with E-state index in [9.17, 15) is 0 Å². The molecule has 0 amide bonds. The van der Waals surface area contributed by atoms with Crippen LogP contribution in [0.2, 0.25) is 0 Å². The molecule has 0 radical (unpaired) electrons. The van der Waals surface area contributed by atoms with Gasteiger partial charge in [0.2, 0.25) is 0 Å². The zero-order chi connectivity index (χ0) is 12.0. The molecule has 90 valence electrons. The molecule has 0 fully saturated rings. The summed E-state index contributed by atoms with van der Waals surface area (Å²) in [6, 6.07) is 8.43. The number of halogens is 1. The Hall–Kier alpha value is -0.500. The molecule has 0 spiro atoms. The maximum absolute atomic E-state index is 5.65. The third kappa shape index (κ3) is 4.56. The van der Waals surface area contributed by atoms with Gasteiger partial charge in [-0.25, -0.2) is 0 Å². The van der Waals surface area contributed by atoms with E-state index in [4.69, 9.17) is 4.74 Å². The molecular formula is C14H21BrO. The van der Waals surface area contributed by atoms with E-state index in [0.717, 1.165) is 24.1 Å². The Bertz CT molecular complexity index is 298. The van der Waals surface area contributed by atoms with Crippen LogP contribution in [-0.2, 0) is 5.41 Å². The van der Waals surface area contributed by atoms with E-state index in [0.29, 0.717) is 0 Å². The highest BCUT2D eigenvalue weighted by Gasteiger charge is 2.12. The Balaban J connectivity index is 2.46. The van der Waals surface area contributed by atoms with Gasteiger partial charge in [0.05, 0.1) is 6.61 Å². The summed E-state index contributed by atoms with van der Waals surface area (Å²) in [4.78, 5) is 0. The van der Waals surface area contributed by atoms with Crippen LogP contribution in [0.4, 0.5) is 0 Å². The van der Waals surface area contributed by atoms with Gasteiger partial charge in [0.25, 0.3) is 0 Å². The Kier molecular flexibility index (Phi) is 5.33. The maximum Gasteiger partial charge on any atom is 0.119 e. The smallest absolute Gasteiger partial charge is 0.119 e. The highest BCUT2D eigenvalue weighted by atomic mass is 79.9. The Labute approximate surface area is 107 Å². The Morgan fingerprint density at radius 1 is 1.06 bits per heavy atom. The van der Waals surface area contributed by atoms with Crippen molar-refractivity contribution in [3.8, 4) is 5.75 Å². The summed E-state index contributed by atoms with van der Waals surface area (Å²) in [5.41, 5.74) is 1.56. The normalized spacial score (nSPS) is 11.5. The van der Waals surface area contributed by atoms with Crippen LogP contribution < -0.4 is 4.74 Å².